The van der Waals surface area contributed by atoms with Gasteiger partial charge in [-0.15, -0.1) is 0 Å². The molecule has 3 atom stereocenters. The van der Waals surface area contributed by atoms with Crippen LogP contribution in [0.25, 0.3) is 0 Å². The number of nitriles is 1. The summed E-state index contributed by atoms with van der Waals surface area (Å²) in [4.78, 5) is 14.6. The molecule has 1 heterocycles. The van der Waals surface area contributed by atoms with Crippen molar-refractivity contribution >= 4 is 17.3 Å². The average Bonchev–Trinajstić information content (AvgIpc) is 3.58. The van der Waals surface area contributed by atoms with Crippen molar-refractivity contribution in [3.8, 4) is 11.8 Å². The van der Waals surface area contributed by atoms with Crippen molar-refractivity contribution in [3.63, 3.8) is 0 Å². The monoisotopic (exact) mass is 404 g/mol. The number of nitrogens with one attached hydrogen (secondary N) is 1. The molecule has 6 nitrogen and oxygen atoms in total. The Hall–Kier alpha value is -3.04. The first-order chi connectivity index (χ1) is 14.5. The van der Waals surface area contributed by atoms with Crippen molar-refractivity contribution < 1.29 is 9.53 Å². The molecule has 2 aliphatic rings. The van der Waals surface area contributed by atoms with Crippen molar-refractivity contribution in [2.24, 2.45) is 17.6 Å². The number of fused-ring (bicyclic) bond motifs is 1. The molecule has 0 spiro atoms. The molecule has 0 aromatic heterocycles. The van der Waals surface area contributed by atoms with Crippen molar-refractivity contribution in [2.45, 2.75) is 38.8 Å². The van der Waals surface area contributed by atoms with E-state index in [4.69, 9.17) is 10.5 Å². The third-order valence-electron chi connectivity index (χ3n) is 6.10. The van der Waals surface area contributed by atoms with Gasteiger partial charge in [-0.05, 0) is 54.7 Å². The molecule has 6 heteroatoms. The van der Waals surface area contributed by atoms with Crippen LogP contribution in [0.4, 0.5) is 11.4 Å². The van der Waals surface area contributed by atoms with E-state index < -0.39 is 0 Å². The van der Waals surface area contributed by atoms with Gasteiger partial charge in [0.2, 0.25) is 5.91 Å². The van der Waals surface area contributed by atoms with E-state index in [9.17, 15) is 10.1 Å². The van der Waals surface area contributed by atoms with Crippen LogP contribution in [-0.2, 0) is 4.79 Å². The molecule has 0 saturated heterocycles. The highest BCUT2D eigenvalue weighted by Crippen LogP contribution is 2.50. The normalized spacial score (nSPS) is 22.7. The van der Waals surface area contributed by atoms with E-state index in [-0.39, 0.29) is 23.9 Å². The minimum Gasteiger partial charge on any atom is -0.492 e. The third-order valence-corrected chi connectivity index (χ3v) is 6.10. The Morgan fingerprint density at radius 1 is 1.30 bits per heavy atom. The summed E-state index contributed by atoms with van der Waals surface area (Å²) in [5.41, 5.74) is 8.99. The van der Waals surface area contributed by atoms with Gasteiger partial charge in [0, 0.05) is 42.9 Å². The molecule has 1 aliphatic heterocycles. The zero-order chi connectivity index (χ0) is 21.3. The molecule has 3 unspecified atom stereocenters. The number of hydrogen-bond donors (Lipinski definition) is 2. The summed E-state index contributed by atoms with van der Waals surface area (Å²) in [6, 6.07) is 15.9. The van der Waals surface area contributed by atoms with E-state index in [2.05, 4.69) is 18.3 Å². The quantitative estimate of drug-likeness (QED) is 0.763. The Kier molecular flexibility index (Phi) is 5.65. The van der Waals surface area contributed by atoms with Crippen LogP contribution in [0, 0.1) is 23.2 Å². The molecule has 2 aromatic carbocycles. The van der Waals surface area contributed by atoms with Crippen LogP contribution in [0.3, 0.4) is 0 Å². The molecule has 1 aliphatic carbocycles. The fourth-order valence-corrected chi connectivity index (χ4v) is 4.67. The summed E-state index contributed by atoms with van der Waals surface area (Å²) in [7, 11) is 0. The Labute approximate surface area is 177 Å². The van der Waals surface area contributed by atoms with Gasteiger partial charge in [-0.25, -0.2) is 0 Å². The van der Waals surface area contributed by atoms with Gasteiger partial charge in [0.1, 0.15) is 12.4 Å². The third kappa shape index (κ3) is 3.86. The molecule has 4 rings (SSSR count). The van der Waals surface area contributed by atoms with Gasteiger partial charge in [-0.2, -0.15) is 5.26 Å². The highest BCUT2D eigenvalue weighted by Gasteiger charge is 2.47. The van der Waals surface area contributed by atoms with Crippen LogP contribution in [-0.4, -0.2) is 25.1 Å². The maximum atomic E-state index is 12.6. The lowest BCUT2D eigenvalue weighted by Crippen LogP contribution is -2.51. The van der Waals surface area contributed by atoms with E-state index in [0.29, 0.717) is 24.6 Å². The zero-order valence-electron chi connectivity index (χ0n) is 17.5. The summed E-state index contributed by atoms with van der Waals surface area (Å²) < 4.78 is 5.67. The molecule has 0 bridgehead atoms. The maximum Gasteiger partial charge on any atom is 0.224 e. The van der Waals surface area contributed by atoms with E-state index in [0.717, 1.165) is 35.5 Å². The van der Waals surface area contributed by atoms with Crippen LogP contribution in [0.1, 0.15) is 43.9 Å². The van der Waals surface area contributed by atoms with Gasteiger partial charge in [0.15, 0.2) is 0 Å². The van der Waals surface area contributed by atoms with E-state index in [1.54, 1.807) is 13.0 Å². The highest BCUT2D eigenvalue weighted by molar-refractivity contribution is 5.94. The van der Waals surface area contributed by atoms with Gasteiger partial charge in [0.25, 0.3) is 0 Å². The first-order valence-corrected chi connectivity index (χ1v) is 10.6. The Morgan fingerprint density at radius 3 is 2.77 bits per heavy atom. The Morgan fingerprint density at radius 2 is 2.10 bits per heavy atom. The molecular weight excluding hydrogens is 376 g/mol. The Balaban J connectivity index is 1.74. The number of rotatable bonds is 6. The molecule has 2 aromatic rings. The molecular formula is C24H28N4O2. The number of carbonyl (C=O) groups is 1. The number of carbonyl (C=O) groups excluding carboxylic acids is 1. The molecule has 1 saturated carbocycles. The van der Waals surface area contributed by atoms with Crippen LogP contribution >= 0.6 is 0 Å². The number of ether oxygens (including phenoxy) is 1. The zero-order valence-corrected chi connectivity index (χ0v) is 17.5. The van der Waals surface area contributed by atoms with Crippen molar-refractivity contribution in [1.82, 2.24) is 0 Å². The van der Waals surface area contributed by atoms with Gasteiger partial charge in [-0.3, -0.25) is 4.79 Å². The predicted molar refractivity (Wildman–Crippen MR) is 117 cm³/mol. The highest BCUT2D eigenvalue weighted by atomic mass is 16.5. The fraction of sp³-hybridized carbons (Fsp3) is 0.417. The molecule has 1 fully saturated rings. The van der Waals surface area contributed by atoms with Gasteiger partial charge < -0.3 is 20.7 Å². The number of hydrogen-bond acceptors (Lipinski definition) is 5. The first kappa shape index (κ1) is 20.2. The lowest BCUT2D eigenvalue weighted by atomic mass is 9.79. The largest absolute Gasteiger partial charge is 0.492 e. The molecule has 0 radical (unpaired) electrons. The number of nitrogens with zero attached hydrogens (tertiary/aromatic N) is 2. The first-order valence-electron chi connectivity index (χ1n) is 10.6. The molecule has 1 amide bonds. The van der Waals surface area contributed by atoms with Crippen LogP contribution in [0.5, 0.6) is 5.75 Å². The SMILES string of the molecule is CC(=O)N1c2ccc(C#N)cc2C(Nc2cccc(OCCN)c2)C(C)C1C1CC1. The standard InChI is InChI=1S/C24H28N4O2/c1-15-23(27-19-4-3-5-20(13-19)30-11-10-25)21-12-17(14-26)6-9-22(21)28(16(2)29)24(15)18-7-8-18/h3-6,9,12-13,15,18,23-24,27H,7-8,10-11,25H2,1-2H3. The molecule has 156 valence electrons. The summed E-state index contributed by atoms with van der Waals surface area (Å²) in [6.45, 7) is 4.77. The minimum absolute atomic E-state index is 0.0146. The number of benzene rings is 2. The lowest BCUT2D eigenvalue weighted by Gasteiger charge is -2.46. The topological polar surface area (TPSA) is 91.4 Å². The summed E-state index contributed by atoms with van der Waals surface area (Å²) >= 11 is 0. The van der Waals surface area contributed by atoms with Crippen molar-refractivity contribution in [2.75, 3.05) is 23.4 Å². The Bertz CT molecular complexity index is 979. The summed E-state index contributed by atoms with van der Waals surface area (Å²) in [5, 5.41) is 13.1. The second kappa shape index (κ2) is 8.37. The maximum absolute atomic E-state index is 12.6. The summed E-state index contributed by atoms with van der Waals surface area (Å²) in [6.07, 6.45) is 2.30. The number of nitrogens with two attached hydrogens (primary N) is 1. The van der Waals surface area contributed by atoms with Crippen LogP contribution in [0.15, 0.2) is 42.5 Å². The average molecular weight is 405 g/mol. The second-order valence-corrected chi connectivity index (χ2v) is 8.25. The van der Waals surface area contributed by atoms with E-state index >= 15 is 0 Å². The van der Waals surface area contributed by atoms with Gasteiger partial charge in [0.05, 0.1) is 17.7 Å². The van der Waals surface area contributed by atoms with Crippen molar-refractivity contribution in [3.05, 3.63) is 53.6 Å². The van der Waals surface area contributed by atoms with E-state index in [1.807, 2.05) is 41.3 Å². The predicted octanol–water partition coefficient (Wildman–Crippen LogP) is 3.83. The lowest BCUT2D eigenvalue weighted by molar-refractivity contribution is -0.117. The van der Waals surface area contributed by atoms with Crippen LogP contribution < -0.4 is 20.7 Å². The molecule has 3 N–H and O–H groups in total. The second-order valence-electron chi connectivity index (χ2n) is 8.25. The molecule has 30 heavy (non-hydrogen) atoms. The summed E-state index contributed by atoms with van der Waals surface area (Å²) in [5.74, 6) is 1.54. The number of amides is 1. The smallest absolute Gasteiger partial charge is 0.224 e. The van der Waals surface area contributed by atoms with Gasteiger partial charge in [-0.1, -0.05) is 13.0 Å². The number of anilines is 2. The van der Waals surface area contributed by atoms with Crippen molar-refractivity contribution in [1.29, 1.82) is 5.26 Å². The van der Waals surface area contributed by atoms with E-state index in [1.165, 1.54) is 0 Å². The minimum atomic E-state index is -0.0146. The van der Waals surface area contributed by atoms with Gasteiger partial charge >= 0.3 is 0 Å². The fourth-order valence-electron chi connectivity index (χ4n) is 4.67. The van der Waals surface area contributed by atoms with Crippen LogP contribution in [0.2, 0.25) is 0 Å².